The molecule has 7 heteroatoms. The van der Waals surface area contributed by atoms with Crippen molar-refractivity contribution in [1.29, 1.82) is 0 Å². The third-order valence-corrected chi connectivity index (χ3v) is 3.93. The monoisotopic (exact) mass is 328 g/mol. The topological polar surface area (TPSA) is 120 Å². The van der Waals surface area contributed by atoms with Crippen molar-refractivity contribution in [2.75, 3.05) is 6.61 Å². The van der Waals surface area contributed by atoms with E-state index in [1.807, 2.05) is 6.92 Å². The van der Waals surface area contributed by atoms with Crippen LogP contribution in [0.4, 0.5) is 0 Å². The van der Waals surface area contributed by atoms with Gasteiger partial charge in [0.1, 0.15) is 30.2 Å². The standard InChI is InChI=1S/C16H24O7/c1-2-3-11(18)9-4-6-10(7-5-9)22-16-15(21)14(20)13(19)12(8-17)23-16/h4-7,11-21H,2-3,8H2,1H3/t11?,12-,13-,14-,15-,16-/m1/s1. The Morgan fingerprint density at radius 1 is 1.09 bits per heavy atom. The summed E-state index contributed by atoms with van der Waals surface area (Å²) in [5.74, 6) is 0.377. The van der Waals surface area contributed by atoms with Crippen LogP contribution in [0.5, 0.6) is 5.75 Å². The Bertz CT molecular complexity index is 476. The van der Waals surface area contributed by atoms with E-state index < -0.39 is 43.4 Å². The van der Waals surface area contributed by atoms with Crippen LogP contribution in [0, 0.1) is 0 Å². The first-order chi connectivity index (χ1) is 11.0. The Hall–Kier alpha value is -1.22. The van der Waals surface area contributed by atoms with Gasteiger partial charge in [-0.05, 0) is 24.1 Å². The van der Waals surface area contributed by atoms with E-state index in [0.29, 0.717) is 12.2 Å². The predicted octanol–water partition coefficient (Wildman–Crippen LogP) is -0.301. The van der Waals surface area contributed by atoms with E-state index in [0.717, 1.165) is 12.0 Å². The SMILES string of the molecule is CCCC(O)c1ccc(O[C@@H]2O[C@H](CO)[C@@H](O)[C@@H](O)[C@H]2O)cc1. The van der Waals surface area contributed by atoms with E-state index in [1.165, 1.54) is 0 Å². The molecule has 1 aromatic carbocycles. The molecule has 0 aromatic heterocycles. The molecule has 1 aliphatic rings. The Balaban J connectivity index is 2.03. The average molecular weight is 328 g/mol. The van der Waals surface area contributed by atoms with E-state index in [1.54, 1.807) is 24.3 Å². The first-order valence-corrected chi connectivity index (χ1v) is 7.73. The molecule has 0 radical (unpaired) electrons. The lowest BCUT2D eigenvalue weighted by Crippen LogP contribution is -2.60. The van der Waals surface area contributed by atoms with Gasteiger partial charge in [0.2, 0.25) is 6.29 Å². The van der Waals surface area contributed by atoms with Gasteiger partial charge in [-0.25, -0.2) is 0 Å². The van der Waals surface area contributed by atoms with Crippen molar-refractivity contribution in [3.63, 3.8) is 0 Å². The quantitative estimate of drug-likeness (QED) is 0.486. The Labute approximate surface area is 134 Å². The maximum Gasteiger partial charge on any atom is 0.229 e. The molecule has 0 saturated carbocycles. The summed E-state index contributed by atoms with van der Waals surface area (Å²) >= 11 is 0. The fourth-order valence-electron chi connectivity index (χ4n) is 2.51. The van der Waals surface area contributed by atoms with Crippen molar-refractivity contribution >= 4 is 0 Å². The fraction of sp³-hybridized carbons (Fsp3) is 0.625. The maximum absolute atomic E-state index is 9.91. The molecule has 7 nitrogen and oxygen atoms in total. The summed E-state index contributed by atoms with van der Waals surface area (Å²) in [7, 11) is 0. The lowest BCUT2D eigenvalue weighted by atomic mass is 9.99. The van der Waals surface area contributed by atoms with Crippen molar-refractivity contribution in [3.8, 4) is 5.75 Å². The number of aliphatic hydroxyl groups excluding tert-OH is 5. The van der Waals surface area contributed by atoms with Crippen LogP contribution in [0.2, 0.25) is 0 Å². The molecule has 1 aliphatic heterocycles. The molecule has 2 rings (SSSR count). The molecule has 23 heavy (non-hydrogen) atoms. The van der Waals surface area contributed by atoms with E-state index in [2.05, 4.69) is 0 Å². The van der Waals surface area contributed by atoms with Crippen molar-refractivity contribution in [3.05, 3.63) is 29.8 Å². The average Bonchev–Trinajstić information content (AvgIpc) is 2.56. The molecule has 1 aromatic rings. The van der Waals surface area contributed by atoms with Crippen LogP contribution in [0.25, 0.3) is 0 Å². The number of benzene rings is 1. The summed E-state index contributed by atoms with van der Waals surface area (Å²) in [5.41, 5.74) is 0.757. The van der Waals surface area contributed by atoms with E-state index in [-0.39, 0.29) is 0 Å². The van der Waals surface area contributed by atoms with Gasteiger partial charge < -0.3 is 35.0 Å². The van der Waals surface area contributed by atoms with Gasteiger partial charge >= 0.3 is 0 Å². The van der Waals surface area contributed by atoms with Gasteiger partial charge in [0, 0.05) is 0 Å². The minimum Gasteiger partial charge on any atom is -0.462 e. The molecule has 130 valence electrons. The normalized spacial score (nSPS) is 32.5. The molecule has 6 atom stereocenters. The zero-order valence-corrected chi connectivity index (χ0v) is 12.9. The highest BCUT2D eigenvalue weighted by atomic mass is 16.7. The highest BCUT2D eigenvalue weighted by Gasteiger charge is 2.44. The zero-order valence-electron chi connectivity index (χ0n) is 12.9. The summed E-state index contributed by atoms with van der Waals surface area (Å²) in [6.07, 6.45) is -5.57. The lowest BCUT2D eigenvalue weighted by molar-refractivity contribution is -0.277. The summed E-state index contributed by atoms with van der Waals surface area (Å²) in [4.78, 5) is 0. The van der Waals surface area contributed by atoms with Crippen LogP contribution >= 0.6 is 0 Å². The number of aliphatic hydroxyl groups is 5. The number of ether oxygens (including phenoxy) is 2. The summed E-state index contributed by atoms with van der Waals surface area (Å²) < 4.78 is 10.7. The molecule has 1 unspecified atom stereocenters. The third-order valence-electron chi connectivity index (χ3n) is 3.93. The van der Waals surface area contributed by atoms with Gasteiger partial charge in [-0.15, -0.1) is 0 Å². The second kappa shape index (κ2) is 8.05. The molecule has 1 fully saturated rings. The fourth-order valence-corrected chi connectivity index (χ4v) is 2.51. The van der Waals surface area contributed by atoms with Crippen molar-refractivity contribution < 1.29 is 35.0 Å². The van der Waals surface area contributed by atoms with Crippen LogP contribution in [-0.4, -0.2) is 62.8 Å². The molecule has 1 saturated heterocycles. The van der Waals surface area contributed by atoms with Gasteiger partial charge in [0.05, 0.1) is 12.7 Å². The van der Waals surface area contributed by atoms with Crippen LogP contribution in [0.15, 0.2) is 24.3 Å². The second-order valence-electron chi connectivity index (χ2n) is 5.69. The highest BCUT2D eigenvalue weighted by molar-refractivity contribution is 5.28. The molecule has 0 amide bonds. The molecule has 0 aliphatic carbocycles. The van der Waals surface area contributed by atoms with E-state index >= 15 is 0 Å². The van der Waals surface area contributed by atoms with E-state index in [9.17, 15) is 20.4 Å². The minimum atomic E-state index is -1.48. The number of hydrogen-bond acceptors (Lipinski definition) is 7. The van der Waals surface area contributed by atoms with Gasteiger partial charge in [0.15, 0.2) is 0 Å². The predicted molar refractivity (Wildman–Crippen MR) is 80.7 cm³/mol. The molecule has 5 N–H and O–H groups in total. The molecule has 0 bridgehead atoms. The molecular weight excluding hydrogens is 304 g/mol. The van der Waals surface area contributed by atoms with Crippen LogP contribution < -0.4 is 4.74 Å². The molecule has 0 spiro atoms. The summed E-state index contributed by atoms with van der Waals surface area (Å²) in [5, 5.41) is 48.4. The zero-order chi connectivity index (χ0) is 17.0. The largest absolute Gasteiger partial charge is 0.462 e. The van der Waals surface area contributed by atoms with Gasteiger partial charge in [-0.3, -0.25) is 0 Å². The number of hydrogen-bond donors (Lipinski definition) is 5. The van der Waals surface area contributed by atoms with Crippen molar-refractivity contribution in [2.24, 2.45) is 0 Å². The van der Waals surface area contributed by atoms with Crippen molar-refractivity contribution in [1.82, 2.24) is 0 Å². The number of rotatable bonds is 6. The first kappa shape index (κ1) is 18.1. The summed E-state index contributed by atoms with van der Waals surface area (Å²) in [6.45, 7) is 1.48. The summed E-state index contributed by atoms with van der Waals surface area (Å²) in [6, 6.07) is 6.66. The van der Waals surface area contributed by atoms with Crippen LogP contribution in [0.3, 0.4) is 0 Å². The minimum absolute atomic E-state index is 0.377. The lowest BCUT2D eigenvalue weighted by Gasteiger charge is -2.39. The Morgan fingerprint density at radius 3 is 2.30 bits per heavy atom. The van der Waals surface area contributed by atoms with Crippen molar-refractivity contribution in [2.45, 2.75) is 56.6 Å². The Kier molecular flexibility index (Phi) is 6.34. The van der Waals surface area contributed by atoms with Gasteiger partial charge in [-0.1, -0.05) is 25.5 Å². The molecular formula is C16H24O7. The highest BCUT2D eigenvalue weighted by Crippen LogP contribution is 2.26. The first-order valence-electron chi connectivity index (χ1n) is 7.73. The maximum atomic E-state index is 9.91. The Morgan fingerprint density at radius 2 is 1.74 bits per heavy atom. The second-order valence-corrected chi connectivity index (χ2v) is 5.69. The third kappa shape index (κ3) is 4.20. The van der Waals surface area contributed by atoms with Gasteiger partial charge in [0.25, 0.3) is 0 Å². The smallest absolute Gasteiger partial charge is 0.229 e. The van der Waals surface area contributed by atoms with Crippen LogP contribution in [0.1, 0.15) is 31.4 Å². The molecule has 1 heterocycles. The van der Waals surface area contributed by atoms with E-state index in [4.69, 9.17) is 14.6 Å². The van der Waals surface area contributed by atoms with Crippen LogP contribution in [-0.2, 0) is 4.74 Å². The van der Waals surface area contributed by atoms with Gasteiger partial charge in [-0.2, -0.15) is 0 Å².